The molecule has 0 amide bonds. The number of hydrogen-bond donors (Lipinski definition) is 1. The van der Waals surface area contributed by atoms with Crippen LogP contribution in [0.1, 0.15) is 12.6 Å². The van der Waals surface area contributed by atoms with Gasteiger partial charge >= 0.3 is 0 Å². The van der Waals surface area contributed by atoms with Crippen LogP contribution in [-0.4, -0.2) is 36.2 Å². The Balaban J connectivity index is 2.78. The number of aliphatic hydroxyl groups excluding tert-OH is 1. The summed E-state index contributed by atoms with van der Waals surface area (Å²) in [5.74, 6) is 2.05. The van der Waals surface area contributed by atoms with E-state index in [4.69, 9.17) is 14.6 Å². The van der Waals surface area contributed by atoms with Crippen LogP contribution in [0.15, 0.2) is 12.3 Å². The lowest BCUT2D eigenvalue weighted by Crippen LogP contribution is -2.04. The third-order valence-electron chi connectivity index (χ3n) is 2.13. The Morgan fingerprint density at radius 3 is 2.75 bits per heavy atom. The van der Waals surface area contributed by atoms with Crippen molar-refractivity contribution in [3.05, 3.63) is 18.0 Å². The van der Waals surface area contributed by atoms with Crippen LogP contribution in [0.5, 0.6) is 11.5 Å². The number of aliphatic hydroxyl groups is 1. The Hall–Kier alpha value is -0.940. The molecule has 1 N–H and O–H groups in total. The third kappa shape index (κ3) is 3.28. The minimum absolute atomic E-state index is 0.164. The summed E-state index contributed by atoms with van der Waals surface area (Å²) in [6.07, 6.45) is 1.70. The Bertz CT molecular complexity index is 333. The summed E-state index contributed by atoms with van der Waals surface area (Å²) in [4.78, 5) is 4.26. The predicted molar refractivity (Wildman–Crippen MR) is 65.2 cm³/mol. The summed E-state index contributed by atoms with van der Waals surface area (Å²) in [5, 5.41) is 9.14. The molecule has 0 radical (unpaired) electrons. The van der Waals surface area contributed by atoms with Gasteiger partial charge in [-0.15, -0.1) is 11.8 Å². The first-order chi connectivity index (χ1) is 7.72. The van der Waals surface area contributed by atoms with Gasteiger partial charge in [-0.3, -0.25) is 4.98 Å². The molecule has 0 aliphatic rings. The molecule has 0 aliphatic carbocycles. The summed E-state index contributed by atoms with van der Waals surface area (Å²) in [5.41, 5.74) is 0.840. The number of hydrogen-bond acceptors (Lipinski definition) is 5. The second-order valence-electron chi connectivity index (χ2n) is 3.30. The molecule has 1 aromatic rings. The minimum Gasteiger partial charge on any atom is -0.493 e. The topological polar surface area (TPSA) is 51.6 Å². The molecule has 1 rings (SSSR count). The molecule has 0 saturated heterocycles. The van der Waals surface area contributed by atoms with Gasteiger partial charge in [0.05, 0.1) is 26.5 Å². The maximum Gasteiger partial charge on any atom is 0.183 e. The van der Waals surface area contributed by atoms with E-state index in [2.05, 4.69) is 4.98 Å². The normalized spacial score (nSPS) is 12.2. The Morgan fingerprint density at radius 1 is 1.44 bits per heavy atom. The minimum atomic E-state index is 0.164. The van der Waals surface area contributed by atoms with E-state index in [1.54, 1.807) is 38.2 Å². The van der Waals surface area contributed by atoms with Crippen molar-refractivity contribution < 1.29 is 14.6 Å². The molecular weight excluding hydrogens is 226 g/mol. The van der Waals surface area contributed by atoms with Crippen molar-refractivity contribution in [3.63, 3.8) is 0 Å². The fourth-order valence-corrected chi connectivity index (χ4v) is 1.98. The van der Waals surface area contributed by atoms with E-state index in [0.29, 0.717) is 17.3 Å². The van der Waals surface area contributed by atoms with Crippen molar-refractivity contribution in [2.75, 3.05) is 20.8 Å². The highest BCUT2D eigenvalue weighted by molar-refractivity contribution is 7.99. The molecule has 1 aromatic heterocycles. The molecule has 4 nitrogen and oxygen atoms in total. The van der Waals surface area contributed by atoms with Gasteiger partial charge in [0, 0.05) is 23.3 Å². The number of ether oxygens (including phenoxy) is 2. The largest absolute Gasteiger partial charge is 0.493 e. The van der Waals surface area contributed by atoms with Crippen LogP contribution < -0.4 is 9.47 Å². The molecule has 1 unspecified atom stereocenters. The lowest BCUT2D eigenvalue weighted by atomic mass is 10.3. The average molecular weight is 243 g/mol. The smallest absolute Gasteiger partial charge is 0.183 e. The first-order valence-electron chi connectivity index (χ1n) is 5.01. The highest BCUT2D eigenvalue weighted by Crippen LogP contribution is 2.31. The maximum absolute atomic E-state index is 8.94. The SMILES string of the molecule is COc1ccnc(CSC(C)CO)c1OC. The highest BCUT2D eigenvalue weighted by atomic mass is 32.2. The quantitative estimate of drug-likeness (QED) is 0.824. The molecule has 0 spiro atoms. The number of pyridine rings is 1. The van der Waals surface area contributed by atoms with Gasteiger partial charge in [-0.2, -0.15) is 0 Å². The molecule has 0 bridgehead atoms. The standard InChI is InChI=1S/C11H17NO3S/c1-8(6-13)16-7-9-11(15-3)10(14-2)4-5-12-9/h4-5,8,13H,6-7H2,1-3H3. The summed E-state index contributed by atoms with van der Waals surface area (Å²) >= 11 is 1.63. The van der Waals surface area contributed by atoms with E-state index in [1.807, 2.05) is 6.92 Å². The van der Waals surface area contributed by atoms with E-state index in [-0.39, 0.29) is 11.9 Å². The van der Waals surface area contributed by atoms with Crippen LogP contribution in [0.25, 0.3) is 0 Å². The molecule has 0 aliphatic heterocycles. The summed E-state index contributed by atoms with van der Waals surface area (Å²) < 4.78 is 10.5. The van der Waals surface area contributed by atoms with Crippen molar-refractivity contribution in [2.24, 2.45) is 0 Å². The zero-order valence-corrected chi connectivity index (χ0v) is 10.6. The van der Waals surface area contributed by atoms with Crippen LogP contribution in [0, 0.1) is 0 Å². The van der Waals surface area contributed by atoms with Gasteiger partial charge in [-0.05, 0) is 0 Å². The maximum atomic E-state index is 8.94. The van der Waals surface area contributed by atoms with E-state index < -0.39 is 0 Å². The predicted octanol–water partition coefficient (Wildman–Crippen LogP) is 1.71. The number of rotatable bonds is 6. The number of nitrogens with zero attached hydrogens (tertiary/aromatic N) is 1. The molecule has 0 saturated carbocycles. The van der Waals surface area contributed by atoms with Crippen LogP contribution in [0.2, 0.25) is 0 Å². The van der Waals surface area contributed by atoms with Crippen molar-refractivity contribution >= 4 is 11.8 Å². The van der Waals surface area contributed by atoms with E-state index in [9.17, 15) is 0 Å². The summed E-state index contributed by atoms with van der Waals surface area (Å²) in [6.45, 7) is 2.13. The van der Waals surface area contributed by atoms with Gasteiger partial charge in [0.1, 0.15) is 0 Å². The van der Waals surface area contributed by atoms with Gasteiger partial charge in [-0.1, -0.05) is 6.92 Å². The lowest BCUT2D eigenvalue weighted by molar-refractivity contribution is 0.300. The van der Waals surface area contributed by atoms with Crippen LogP contribution >= 0.6 is 11.8 Å². The first-order valence-corrected chi connectivity index (χ1v) is 6.06. The van der Waals surface area contributed by atoms with Gasteiger partial charge in [0.2, 0.25) is 0 Å². The Labute approximate surface area is 100.0 Å². The summed E-state index contributed by atoms with van der Waals surface area (Å²) in [7, 11) is 3.20. The molecular formula is C11H17NO3S. The lowest BCUT2D eigenvalue weighted by Gasteiger charge is -2.12. The second-order valence-corrected chi connectivity index (χ2v) is 4.72. The fraction of sp³-hybridized carbons (Fsp3) is 0.545. The molecule has 5 heteroatoms. The van der Waals surface area contributed by atoms with Crippen LogP contribution in [0.4, 0.5) is 0 Å². The molecule has 1 heterocycles. The third-order valence-corrected chi connectivity index (χ3v) is 3.29. The second kappa shape index (κ2) is 6.60. The van der Waals surface area contributed by atoms with Crippen LogP contribution in [0.3, 0.4) is 0 Å². The van der Waals surface area contributed by atoms with Crippen molar-refractivity contribution in [3.8, 4) is 11.5 Å². The zero-order chi connectivity index (χ0) is 12.0. The van der Waals surface area contributed by atoms with E-state index in [0.717, 1.165) is 5.69 Å². The van der Waals surface area contributed by atoms with Crippen molar-refractivity contribution in [1.29, 1.82) is 0 Å². The molecule has 0 aromatic carbocycles. The number of aromatic nitrogens is 1. The summed E-state index contributed by atoms with van der Waals surface area (Å²) in [6, 6.07) is 1.77. The zero-order valence-electron chi connectivity index (χ0n) is 9.77. The molecule has 90 valence electrons. The van der Waals surface area contributed by atoms with Crippen molar-refractivity contribution in [1.82, 2.24) is 4.98 Å². The van der Waals surface area contributed by atoms with Gasteiger partial charge in [0.15, 0.2) is 11.5 Å². The number of methoxy groups -OCH3 is 2. The number of thioether (sulfide) groups is 1. The fourth-order valence-electron chi connectivity index (χ4n) is 1.23. The van der Waals surface area contributed by atoms with Gasteiger partial charge < -0.3 is 14.6 Å². The van der Waals surface area contributed by atoms with E-state index >= 15 is 0 Å². The van der Waals surface area contributed by atoms with Crippen LogP contribution in [-0.2, 0) is 5.75 Å². The molecule has 0 fully saturated rings. The van der Waals surface area contributed by atoms with Gasteiger partial charge in [0.25, 0.3) is 0 Å². The van der Waals surface area contributed by atoms with Crippen molar-refractivity contribution in [2.45, 2.75) is 17.9 Å². The molecule has 16 heavy (non-hydrogen) atoms. The Kier molecular flexibility index (Phi) is 5.42. The first kappa shape index (κ1) is 13.1. The molecule has 1 atom stereocenters. The highest BCUT2D eigenvalue weighted by Gasteiger charge is 2.12. The monoisotopic (exact) mass is 243 g/mol. The van der Waals surface area contributed by atoms with Gasteiger partial charge in [-0.25, -0.2) is 0 Å². The van der Waals surface area contributed by atoms with E-state index in [1.165, 1.54) is 0 Å². The average Bonchev–Trinajstić information content (AvgIpc) is 2.34. The Morgan fingerprint density at radius 2 is 2.19 bits per heavy atom.